The number of carbonyl (C=O) groups is 1. The number of aryl methyl sites for hydroxylation is 1. The van der Waals surface area contributed by atoms with E-state index < -0.39 is 18.6 Å². The maximum Gasteiger partial charge on any atom is 0.390 e. The van der Waals surface area contributed by atoms with Crippen LogP contribution in [0, 0.1) is 3.57 Å². The summed E-state index contributed by atoms with van der Waals surface area (Å²) in [6.07, 6.45) is -3.83. The largest absolute Gasteiger partial charge is 0.461 e. The van der Waals surface area contributed by atoms with Crippen molar-refractivity contribution in [1.29, 1.82) is 0 Å². The highest BCUT2D eigenvalue weighted by molar-refractivity contribution is 14.1. The lowest BCUT2D eigenvalue weighted by atomic mass is 10.4. The zero-order chi connectivity index (χ0) is 13.1. The van der Waals surface area contributed by atoms with Crippen molar-refractivity contribution in [2.75, 3.05) is 6.61 Å². The smallest absolute Gasteiger partial charge is 0.390 e. The molecule has 0 aliphatic carbocycles. The lowest BCUT2D eigenvalue weighted by molar-refractivity contribution is -0.137. The Kier molecular flexibility index (Phi) is 4.78. The quantitative estimate of drug-likeness (QED) is 0.611. The van der Waals surface area contributed by atoms with Crippen molar-refractivity contribution in [3.8, 4) is 0 Å². The third kappa shape index (κ3) is 4.52. The van der Waals surface area contributed by atoms with Crippen molar-refractivity contribution in [3.63, 3.8) is 0 Å². The predicted molar refractivity (Wildman–Crippen MR) is 61.6 cm³/mol. The van der Waals surface area contributed by atoms with Crippen LogP contribution in [0.1, 0.15) is 23.8 Å². The van der Waals surface area contributed by atoms with Gasteiger partial charge in [0.2, 0.25) is 0 Å². The Morgan fingerprint density at radius 2 is 2.24 bits per heavy atom. The van der Waals surface area contributed by atoms with Gasteiger partial charge < -0.3 is 4.74 Å². The average molecular weight is 362 g/mol. The molecule has 0 aromatic carbocycles. The maximum atomic E-state index is 12.0. The van der Waals surface area contributed by atoms with E-state index in [1.54, 1.807) is 6.92 Å². The van der Waals surface area contributed by atoms with E-state index >= 15 is 0 Å². The molecule has 0 saturated heterocycles. The number of rotatable bonds is 4. The number of halogens is 4. The number of aromatic nitrogens is 2. The fourth-order valence-corrected chi connectivity index (χ4v) is 1.74. The number of esters is 1. The van der Waals surface area contributed by atoms with Gasteiger partial charge in [-0.05, 0) is 29.5 Å². The summed E-state index contributed by atoms with van der Waals surface area (Å²) in [5.74, 6) is -0.623. The summed E-state index contributed by atoms with van der Waals surface area (Å²) >= 11 is 1.83. The van der Waals surface area contributed by atoms with Gasteiger partial charge >= 0.3 is 12.1 Å². The molecule has 1 rings (SSSR count). The SMILES string of the molecule is CCOC(=O)c1nn(CCC(F)(F)F)cc1I. The molecule has 0 bridgehead atoms. The molecule has 0 saturated carbocycles. The molecule has 8 heteroatoms. The second-order valence-corrected chi connectivity index (χ2v) is 4.34. The minimum Gasteiger partial charge on any atom is -0.461 e. The van der Waals surface area contributed by atoms with Crippen molar-refractivity contribution >= 4 is 28.6 Å². The average Bonchev–Trinajstić information content (AvgIpc) is 2.56. The highest BCUT2D eigenvalue weighted by Crippen LogP contribution is 2.21. The molecule has 0 aliphatic rings. The second kappa shape index (κ2) is 5.69. The van der Waals surface area contributed by atoms with Crippen molar-refractivity contribution in [2.45, 2.75) is 26.1 Å². The molecule has 1 aromatic rings. The van der Waals surface area contributed by atoms with E-state index in [-0.39, 0.29) is 18.8 Å². The van der Waals surface area contributed by atoms with E-state index in [0.717, 1.165) is 4.68 Å². The second-order valence-electron chi connectivity index (χ2n) is 3.17. The summed E-state index contributed by atoms with van der Waals surface area (Å²) < 4.78 is 42.3. The molecule has 0 unspecified atom stereocenters. The molecule has 0 radical (unpaired) electrons. The zero-order valence-electron chi connectivity index (χ0n) is 8.92. The Bertz CT molecular complexity index is 403. The molecule has 0 aliphatic heterocycles. The molecule has 1 heterocycles. The summed E-state index contributed by atoms with van der Waals surface area (Å²) in [4.78, 5) is 11.4. The van der Waals surface area contributed by atoms with Gasteiger partial charge in [0.15, 0.2) is 5.69 Å². The molecule has 17 heavy (non-hydrogen) atoms. The van der Waals surface area contributed by atoms with Crippen LogP contribution in [-0.4, -0.2) is 28.5 Å². The monoisotopic (exact) mass is 362 g/mol. The molecule has 0 N–H and O–H groups in total. The van der Waals surface area contributed by atoms with Crippen LogP contribution in [0.3, 0.4) is 0 Å². The van der Waals surface area contributed by atoms with Gasteiger partial charge in [-0.2, -0.15) is 18.3 Å². The Morgan fingerprint density at radius 3 is 2.76 bits per heavy atom. The van der Waals surface area contributed by atoms with Gasteiger partial charge in [0.1, 0.15) is 0 Å². The lowest BCUT2D eigenvalue weighted by Crippen LogP contribution is -2.13. The first-order chi connectivity index (χ1) is 7.83. The Labute approximate surface area is 109 Å². The number of nitrogens with zero attached hydrogens (tertiary/aromatic N) is 2. The van der Waals surface area contributed by atoms with E-state index in [4.69, 9.17) is 4.74 Å². The predicted octanol–water partition coefficient (Wildman–Crippen LogP) is 2.62. The van der Waals surface area contributed by atoms with Crippen LogP contribution in [0.15, 0.2) is 6.20 Å². The normalized spacial score (nSPS) is 11.6. The lowest BCUT2D eigenvalue weighted by Gasteiger charge is -2.05. The van der Waals surface area contributed by atoms with E-state index in [2.05, 4.69) is 5.10 Å². The zero-order valence-corrected chi connectivity index (χ0v) is 11.1. The molecule has 4 nitrogen and oxygen atoms in total. The third-order valence-electron chi connectivity index (χ3n) is 1.81. The highest BCUT2D eigenvalue weighted by atomic mass is 127. The van der Waals surface area contributed by atoms with Crippen molar-refractivity contribution in [1.82, 2.24) is 9.78 Å². The topological polar surface area (TPSA) is 44.1 Å². The van der Waals surface area contributed by atoms with Crippen molar-refractivity contribution in [3.05, 3.63) is 15.5 Å². The Hall–Kier alpha value is -0.800. The van der Waals surface area contributed by atoms with Crippen LogP contribution in [0.2, 0.25) is 0 Å². The summed E-state index contributed by atoms with van der Waals surface area (Å²) in [6, 6.07) is 0. The van der Waals surface area contributed by atoms with E-state index in [1.165, 1.54) is 6.20 Å². The van der Waals surface area contributed by atoms with Gasteiger partial charge in [0, 0.05) is 12.7 Å². The fraction of sp³-hybridized carbons (Fsp3) is 0.556. The molecular weight excluding hydrogens is 352 g/mol. The van der Waals surface area contributed by atoms with Crippen LogP contribution in [0.4, 0.5) is 13.2 Å². The third-order valence-corrected chi connectivity index (χ3v) is 2.60. The first kappa shape index (κ1) is 14.3. The van der Waals surface area contributed by atoms with Gasteiger partial charge in [-0.15, -0.1) is 0 Å². The van der Waals surface area contributed by atoms with Crippen molar-refractivity contribution in [2.24, 2.45) is 0 Å². The van der Waals surface area contributed by atoms with Crippen LogP contribution in [0.5, 0.6) is 0 Å². The first-order valence-electron chi connectivity index (χ1n) is 4.80. The molecule has 1 aromatic heterocycles. The van der Waals surface area contributed by atoms with Gasteiger partial charge in [0.25, 0.3) is 0 Å². The Balaban J connectivity index is 2.71. The maximum absolute atomic E-state index is 12.0. The van der Waals surface area contributed by atoms with Crippen LogP contribution >= 0.6 is 22.6 Å². The standard InChI is InChI=1S/C9H10F3IN2O2/c1-2-17-8(16)7-6(13)5-15(14-7)4-3-9(10,11)12/h5H,2-4H2,1H3. The van der Waals surface area contributed by atoms with E-state index in [0.29, 0.717) is 3.57 Å². The minimum atomic E-state index is -4.23. The summed E-state index contributed by atoms with van der Waals surface area (Å²) in [5.41, 5.74) is 0.0506. The van der Waals surface area contributed by atoms with E-state index in [9.17, 15) is 18.0 Å². The summed E-state index contributed by atoms with van der Waals surface area (Å²) in [5, 5.41) is 3.77. The highest BCUT2D eigenvalue weighted by Gasteiger charge is 2.27. The summed E-state index contributed by atoms with van der Waals surface area (Å²) in [6.45, 7) is 1.54. The first-order valence-corrected chi connectivity index (χ1v) is 5.88. The van der Waals surface area contributed by atoms with Crippen molar-refractivity contribution < 1.29 is 22.7 Å². The van der Waals surface area contributed by atoms with Crippen LogP contribution in [0.25, 0.3) is 0 Å². The number of hydrogen-bond acceptors (Lipinski definition) is 3. The molecule has 0 amide bonds. The van der Waals surface area contributed by atoms with E-state index in [1.807, 2.05) is 22.6 Å². The minimum absolute atomic E-state index is 0.0506. The molecule has 96 valence electrons. The molecular formula is C9H10F3IN2O2. The molecule has 0 fully saturated rings. The van der Waals surface area contributed by atoms with Crippen LogP contribution in [-0.2, 0) is 11.3 Å². The molecule has 0 spiro atoms. The van der Waals surface area contributed by atoms with Gasteiger partial charge in [-0.3, -0.25) is 4.68 Å². The number of ether oxygens (including phenoxy) is 1. The van der Waals surface area contributed by atoms with Gasteiger partial charge in [-0.1, -0.05) is 0 Å². The van der Waals surface area contributed by atoms with Gasteiger partial charge in [0.05, 0.1) is 16.6 Å². The Morgan fingerprint density at radius 1 is 1.59 bits per heavy atom. The number of hydrogen-bond donors (Lipinski definition) is 0. The fourth-order valence-electron chi connectivity index (χ4n) is 1.09. The summed E-state index contributed by atoms with van der Waals surface area (Å²) in [7, 11) is 0. The molecule has 0 atom stereocenters. The number of carbonyl (C=O) groups excluding carboxylic acids is 1. The van der Waals surface area contributed by atoms with Crippen LogP contribution < -0.4 is 0 Å². The van der Waals surface area contributed by atoms with Gasteiger partial charge in [-0.25, -0.2) is 4.79 Å². The number of alkyl halides is 3.